The number of hydrogen-bond acceptors (Lipinski definition) is 6. The Bertz CT molecular complexity index is 903. The smallest absolute Gasteiger partial charge is 0.306 e. The largest absolute Gasteiger partial charge is 0.462 e. The fourth-order valence-corrected chi connectivity index (χ4v) is 8.22. The van der Waals surface area contributed by atoms with E-state index in [1.54, 1.807) is 0 Å². The van der Waals surface area contributed by atoms with Crippen molar-refractivity contribution in [1.82, 2.24) is 0 Å². The molecule has 6 heteroatoms. The molecule has 0 aromatic carbocycles. The van der Waals surface area contributed by atoms with Crippen molar-refractivity contribution in [3.05, 3.63) is 0 Å². The molecule has 0 spiro atoms. The number of rotatable bonds is 49. The highest BCUT2D eigenvalue weighted by molar-refractivity contribution is 5.71. The first-order valence-corrected chi connectivity index (χ1v) is 26.9. The van der Waals surface area contributed by atoms with E-state index < -0.39 is 6.10 Å². The van der Waals surface area contributed by atoms with E-state index in [2.05, 4.69) is 27.7 Å². The Morgan fingerprint density at radius 2 is 0.550 bits per heavy atom. The maximum absolute atomic E-state index is 12.8. The van der Waals surface area contributed by atoms with E-state index in [9.17, 15) is 14.4 Å². The third-order valence-corrected chi connectivity index (χ3v) is 12.3. The van der Waals surface area contributed by atoms with Gasteiger partial charge in [-0.2, -0.15) is 0 Å². The quantitative estimate of drug-likeness (QED) is 0.0345. The van der Waals surface area contributed by atoms with Crippen molar-refractivity contribution in [3.8, 4) is 0 Å². The molecule has 0 aliphatic rings. The van der Waals surface area contributed by atoms with Crippen molar-refractivity contribution in [2.24, 2.45) is 5.92 Å². The molecule has 0 aliphatic heterocycles. The Labute approximate surface area is 374 Å². The van der Waals surface area contributed by atoms with Gasteiger partial charge in [-0.3, -0.25) is 14.4 Å². The molecule has 356 valence electrons. The molecule has 60 heavy (non-hydrogen) atoms. The summed E-state index contributed by atoms with van der Waals surface area (Å²) in [6.45, 7) is 9.01. The first-order chi connectivity index (χ1) is 29.4. The predicted octanol–water partition coefficient (Wildman–Crippen LogP) is 17.5. The maximum atomic E-state index is 12.8. The molecule has 0 radical (unpaired) electrons. The Hall–Kier alpha value is -1.59. The van der Waals surface area contributed by atoms with E-state index in [-0.39, 0.29) is 31.1 Å². The minimum Gasteiger partial charge on any atom is -0.462 e. The van der Waals surface area contributed by atoms with E-state index in [0.717, 1.165) is 63.7 Å². The van der Waals surface area contributed by atoms with Crippen LogP contribution in [0.3, 0.4) is 0 Å². The minimum absolute atomic E-state index is 0.0627. The number of esters is 3. The lowest BCUT2D eigenvalue weighted by molar-refractivity contribution is -0.167. The second-order valence-electron chi connectivity index (χ2n) is 19.0. The highest BCUT2D eigenvalue weighted by Gasteiger charge is 2.19. The molecule has 0 saturated heterocycles. The van der Waals surface area contributed by atoms with Gasteiger partial charge in [0.1, 0.15) is 13.2 Å². The van der Waals surface area contributed by atoms with Crippen molar-refractivity contribution < 1.29 is 28.6 Å². The molecule has 0 rings (SSSR count). The van der Waals surface area contributed by atoms with Crippen molar-refractivity contribution >= 4 is 17.9 Å². The van der Waals surface area contributed by atoms with Gasteiger partial charge in [0.25, 0.3) is 0 Å². The summed E-state index contributed by atoms with van der Waals surface area (Å²) < 4.78 is 16.8. The van der Waals surface area contributed by atoms with E-state index in [1.807, 2.05) is 0 Å². The van der Waals surface area contributed by atoms with Crippen LogP contribution in [-0.4, -0.2) is 37.2 Å². The zero-order chi connectivity index (χ0) is 43.8. The number of ether oxygens (including phenoxy) is 3. The lowest BCUT2D eigenvalue weighted by Crippen LogP contribution is -2.30. The highest BCUT2D eigenvalue weighted by atomic mass is 16.6. The van der Waals surface area contributed by atoms with Crippen LogP contribution in [-0.2, 0) is 28.6 Å². The summed E-state index contributed by atoms with van der Waals surface area (Å²) in [4.78, 5) is 38.0. The van der Waals surface area contributed by atoms with Crippen LogP contribution in [0.5, 0.6) is 0 Å². The van der Waals surface area contributed by atoms with Crippen LogP contribution in [0.1, 0.15) is 304 Å². The maximum Gasteiger partial charge on any atom is 0.306 e. The van der Waals surface area contributed by atoms with Gasteiger partial charge in [-0.1, -0.05) is 265 Å². The average molecular weight is 849 g/mol. The molecule has 1 atom stereocenters. The first-order valence-electron chi connectivity index (χ1n) is 26.9. The van der Waals surface area contributed by atoms with Gasteiger partial charge in [0, 0.05) is 19.3 Å². The van der Waals surface area contributed by atoms with Crippen LogP contribution in [0.15, 0.2) is 0 Å². The van der Waals surface area contributed by atoms with Gasteiger partial charge in [0.2, 0.25) is 0 Å². The zero-order valence-electron chi connectivity index (χ0n) is 40.9. The predicted molar refractivity (Wildman–Crippen MR) is 257 cm³/mol. The monoisotopic (exact) mass is 849 g/mol. The van der Waals surface area contributed by atoms with Crippen LogP contribution in [0, 0.1) is 5.92 Å². The molecule has 0 aromatic rings. The van der Waals surface area contributed by atoms with Crippen molar-refractivity contribution in [2.75, 3.05) is 13.2 Å². The van der Waals surface area contributed by atoms with Crippen molar-refractivity contribution in [1.29, 1.82) is 0 Å². The topological polar surface area (TPSA) is 78.9 Å². The van der Waals surface area contributed by atoms with E-state index in [4.69, 9.17) is 14.2 Å². The van der Waals surface area contributed by atoms with Crippen molar-refractivity contribution in [2.45, 2.75) is 310 Å². The Balaban J connectivity index is 4.26. The Kier molecular flexibility index (Phi) is 47.2. The zero-order valence-corrected chi connectivity index (χ0v) is 40.9. The minimum atomic E-state index is -0.761. The fourth-order valence-electron chi connectivity index (χ4n) is 8.22. The van der Waals surface area contributed by atoms with Gasteiger partial charge in [-0.05, 0) is 25.2 Å². The molecule has 0 aliphatic carbocycles. The molecule has 0 saturated carbocycles. The average Bonchev–Trinajstić information content (AvgIpc) is 3.23. The summed E-state index contributed by atoms with van der Waals surface area (Å²) in [6.07, 6.45) is 50.9. The second-order valence-corrected chi connectivity index (χ2v) is 19.0. The third-order valence-electron chi connectivity index (χ3n) is 12.3. The summed E-state index contributed by atoms with van der Waals surface area (Å²) in [5.41, 5.74) is 0. The normalized spacial score (nSPS) is 11.9. The Morgan fingerprint density at radius 1 is 0.317 bits per heavy atom. The lowest BCUT2D eigenvalue weighted by atomic mass is 10.0. The van der Waals surface area contributed by atoms with E-state index >= 15 is 0 Å². The summed E-state index contributed by atoms with van der Waals surface area (Å²) in [5.74, 6) is -0.0348. The van der Waals surface area contributed by atoms with Crippen molar-refractivity contribution in [3.63, 3.8) is 0 Å². The van der Waals surface area contributed by atoms with Gasteiger partial charge in [0.15, 0.2) is 6.10 Å². The van der Waals surface area contributed by atoms with Gasteiger partial charge in [-0.15, -0.1) is 0 Å². The molecule has 0 heterocycles. The second kappa shape index (κ2) is 48.4. The standard InChI is InChI=1S/C54H104O6/c1-5-7-9-11-13-15-17-19-20-21-22-23-24-26-29-33-37-41-45-52(55)58-48-51(60-54(57)47-43-39-35-30-25-18-16-14-12-10-8-6-2)49-59-53(56)46-42-38-34-31-27-28-32-36-40-44-50(3)4/h50-51H,5-49H2,1-4H3/t51-/m1/s1. The summed E-state index contributed by atoms with van der Waals surface area (Å²) in [5, 5.41) is 0. The van der Waals surface area contributed by atoms with Gasteiger partial charge in [0.05, 0.1) is 0 Å². The van der Waals surface area contributed by atoms with Gasteiger partial charge >= 0.3 is 17.9 Å². The molecular weight excluding hydrogens is 745 g/mol. The van der Waals surface area contributed by atoms with Crippen LogP contribution < -0.4 is 0 Å². The van der Waals surface area contributed by atoms with Crippen LogP contribution in [0.25, 0.3) is 0 Å². The highest BCUT2D eigenvalue weighted by Crippen LogP contribution is 2.17. The van der Waals surface area contributed by atoms with Crippen LogP contribution in [0.2, 0.25) is 0 Å². The molecule has 0 amide bonds. The molecular formula is C54H104O6. The Morgan fingerprint density at radius 3 is 0.817 bits per heavy atom. The van der Waals surface area contributed by atoms with Crippen LogP contribution >= 0.6 is 0 Å². The van der Waals surface area contributed by atoms with Gasteiger partial charge < -0.3 is 14.2 Å². The molecule has 0 bridgehead atoms. The number of carbonyl (C=O) groups excluding carboxylic acids is 3. The summed E-state index contributed by atoms with van der Waals surface area (Å²) in [6, 6.07) is 0. The molecule has 6 nitrogen and oxygen atoms in total. The van der Waals surface area contributed by atoms with E-state index in [0.29, 0.717) is 19.3 Å². The summed E-state index contributed by atoms with van der Waals surface area (Å²) >= 11 is 0. The number of unbranched alkanes of at least 4 members (excludes halogenated alkanes) is 36. The lowest BCUT2D eigenvalue weighted by Gasteiger charge is -2.18. The number of hydrogen-bond donors (Lipinski definition) is 0. The first kappa shape index (κ1) is 58.4. The molecule has 0 fully saturated rings. The van der Waals surface area contributed by atoms with E-state index in [1.165, 1.54) is 199 Å². The molecule has 0 unspecified atom stereocenters. The molecule has 0 N–H and O–H groups in total. The van der Waals surface area contributed by atoms with Crippen LogP contribution in [0.4, 0.5) is 0 Å². The summed E-state index contributed by atoms with van der Waals surface area (Å²) in [7, 11) is 0. The van der Waals surface area contributed by atoms with Gasteiger partial charge in [-0.25, -0.2) is 0 Å². The SMILES string of the molecule is CCCCCCCCCCCCCCCCCCCCC(=O)OC[C@H](COC(=O)CCCCCCCCCCCC(C)C)OC(=O)CCCCCCCCCCCCCC. The fraction of sp³-hybridized carbons (Fsp3) is 0.944. The third kappa shape index (κ3) is 47.5. The molecule has 0 aromatic heterocycles. The number of carbonyl (C=O) groups is 3.